The van der Waals surface area contributed by atoms with Gasteiger partial charge in [-0.1, -0.05) is 0 Å². The van der Waals surface area contributed by atoms with Gasteiger partial charge in [0.2, 0.25) is 0 Å². The van der Waals surface area contributed by atoms with Crippen molar-refractivity contribution in [3.05, 3.63) is 55.0 Å². The Balaban J connectivity index is 1.84. The minimum absolute atomic E-state index is 0.516. The van der Waals surface area contributed by atoms with E-state index in [0.29, 0.717) is 5.82 Å². The Kier molecular flexibility index (Phi) is 3.02. The SMILES string of the molecule is Nc1ncccc1-c1cncn1CCc1ccco1. The molecule has 0 aromatic carbocycles. The predicted molar refractivity (Wildman–Crippen MR) is 72.3 cm³/mol. The fraction of sp³-hybridized carbons (Fsp3) is 0.143. The summed E-state index contributed by atoms with van der Waals surface area (Å²) in [5.41, 5.74) is 7.77. The second kappa shape index (κ2) is 4.97. The predicted octanol–water partition coefficient (Wildman–Crippen LogP) is 2.36. The van der Waals surface area contributed by atoms with E-state index in [2.05, 4.69) is 14.5 Å². The van der Waals surface area contributed by atoms with Gasteiger partial charge in [0.05, 0.1) is 24.5 Å². The van der Waals surface area contributed by atoms with Gasteiger partial charge < -0.3 is 14.7 Å². The quantitative estimate of drug-likeness (QED) is 0.776. The molecule has 3 aromatic rings. The normalized spacial score (nSPS) is 10.7. The van der Waals surface area contributed by atoms with Crippen LogP contribution in [0.3, 0.4) is 0 Å². The van der Waals surface area contributed by atoms with Crippen LogP contribution < -0.4 is 5.73 Å². The Morgan fingerprint density at radius 1 is 1.26 bits per heavy atom. The van der Waals surface area contributed by atoms with Crippen molar-refractivity contribution in [1.29, 1.82) is 0 Å². The number of hydrogen-bond donors (Lipinski definition) is 1. The number of hydrogen-bond acceptors (Lipinski definition) is 4. The number of nitrogen functional groups attached to an aromatic ring is 1. The van der Waals surface area contributed by atoms with Gasteiger partial charge in [0.25, 0.3) is 0 Å². The molecule has 0 aliphatic rings. The number of aryl methyl sites for hydroxylation is 2. The Labute approximate surface area is 110 Å². The maximum Gasteiger partial charge on any atom is 0.132 e. The van der Waals surface area contributed by atoms with Gasteiger partial charge in [-0.05, 0) is 24.3 Å². The van der Waals surface area contributed by atoms with Gasteiger partial charge in [0.1, 0.15) is 11.6 Å². The van der Waals surface area contributed by atoms with Crippen LogP contribution in [0.25, 0.3) is 11.3 Å². The number of pyridine rings is 1. The highest BCUT2D eigenvalue weighted by Crippen LogP contribution is 2.23. The van der Waals surface area contributed by atoms with Crippen molar-refractivity contribution < 1.29 is 4.42 Å². The molecule has 0 radical (unpaired) electrons. The maximum atomic E-state index is 5.90. The largest absolute Gasteiger partial charge is 0.469 e. The Bertz CT molecular complexity index is 658. The minimum Gasteiger partial charge on any atom is -0.469 e. The monoisotopic (exact) mass is 254 g/mol. The van der Waals surface area contributed by atoms with Crippen LogP contribution in [0.5, 0.6) is 0 Å². The molecular formula is C14H14N4O. The van der Waals surface area contributed by atoms with E-state index >= 15 is 0 Å². The van der Waals surface area contributed by atoms with Gasteiger partial charge in [0.15, 0.2) is 0 Å². The fourth-order valence-corrected chi connectivity index (χ4v) is 2.04. The molecule has 0 atom stereocenters. The zero-order valence-corrected chi connectivity index (χ0v) is 10.4. The first-order valence-corrected chi connectivity index (χ1v) is 6.08. The van der Waals surface area contributed by atoms with Crippen LogP contribution in [0.15, 0.2) is 53.7 Å². The number of imidazole rings is 1. The maximum absolute atomic E-state index is 5.90. The van der Waals surface area contributed by atoms with Crippen molar-refractivity contribution in [2.75, 3.05) is 5.73 Å². The molecule has 3 heterocycles. The first-order chi connectivity index (χ1) is 9.34. The summed E-state index contributed by atoms with van der Waals surface area (Å²) < 4.78 is 7.38. The second-order valence-corrected chi connectivity index (χ2v) is 4.24. The number of nitrogens with two attached hydrogens (primary N) is 1. The van der Waals surface area contributed by atoms with E-state index < -0.39 is 0 Å². The lowest BCUT2D eigenvalue weighted by atomic mass is 10.2. The van der Waals surface area contributed by atoms with Gasteiger partial charge in [0, 0.05) is 24.7 Å². The zero-order valence-electron chi connectivity index (χ0n) is 10.4. The van der Waals surface area contributed by atoms with Crippen LogP contribution in [0, 0.1) is 0 Å². The third-order valence-corrected chi connectivity index (χ3v) is 3.01. The van der Waals surface area contributed by atoms with Gasteiger partial charge in [-0.25, -0.2) is 9.97 Å². The van der Waals surface area contributed by atoms with Crippen LogP contribution in [0.4, 0.5) is 5.82 Å². The molecule has 0 spiro atoms. The van der Waals surface area contributed by atoms with Gasteiger partial charge in [-0.3, -0.25) is 0 Å². The van der Waals surface area contributed by atoms with E-state index in [-0.39, 0.29) is 0 Å². The Hall–Kier alpha value is -2.56. The highest BCUT2D eigenvalue weighted by atomic mass is 16.3. The lowest BCUT2D eigenvalue weighted by molar-refractivity contribution is 0.492. The standard InChI is InChI=1S/C14H14N4O/c15-14-12(4-1-6-17-14)13-9-16-10-18(13)7-5-11-3-2-8-19-11/h1-4,6,8-10H,5,7H2,(H2,15,17). The van der Waals surface area contributed by atoms with Gasteiger partial charge in [-0.2, -0.15) is 0 Å². The molecule has 2 N–H and O–H groups in total. The van der Waals surface area contributed by atoms with Crippen molar-refractivity contribution >= 4 is 5.82 Å². The van der Waals surface area contributed by atoms with Gasteiger partial charge in [-0.15, -0.1) is 0 Å². The highest BCUT2D eigenvalue weighted by molar-refractivity contribution is 5.70. The van der Waals surface area contributed by atoms with E-state index in [1.54, 1.807) is 25.0 Å². The topological polar surface area (TPSA) is 69.9 Å². The molecule has 96 valence electrons. The van der Waals surface area contributed by atoms with Crippen LogP contribution in [-0.2, 0) is 13.0 Å². The third-order valence-electron chi connectivity index (χ3n) is 3.01. The molecule has 0 aliphatic heterocycles. The zero-order chi connectivity index (χ0) is 13.1. The lowest BCUT2D eigenvalue weighted by Gasteiger charge is -2.08. The van der Waals surface area contributed by atoms with Crippen molar-refractivity contribution in [1.82, 2.24) is 14.5 Å². The first kappa shape index (κ1) is 11.5. The van der Waals surface area contributed by atoms with E-state index in [1.165, 1.54) is 0 Å². The fourth-order valence-electron chi connectivity index (χ4n) is 2.04. The number of nitrogens with zero attached hydrogens (tertiary/aromatic N) is 3. The average molecular weight is 254 g/mol. The van der Waals surface area contributed by atoms with E-state index in [9.17, 15) is 0 Å². The van der Waals surface area contributed by atoms with Crippen LogP contribution in [0.2, 0.25) is 0 Å². The molecule has 5 heteroatoms. The number of furan rings is 1. The number of anilines is 1. The molecular weight excluding hydrogens is 240 g/mol. The van der Waals surface area contributed by atoms with E-state index in [4.69, 9.17) is 10.2 Å². The van der Waals surface area contributed by atoms with Crippen molar-refractivity contribution in [2.45, 2.75) is 13.0 Å². The summed E-state index contributed by atoms with van der Waals surface area (Å²) in [5, 5.41) is 0. The molecule has 0 bridgehead atoms. The Morgan fingerprint density at radius 3 is 3.00 bits per heavy atom. The molecule has 0 fully saturated rings. The van der Waals surface area contributed by atoms with Gasteiger partial charge >= 0.3 is 0 Å². The molecule has 0 saturated heterocycles. The molecule has 0 aliphatic carbocycles. The summed E-state index contributed by atoms with van der Waals surface area (Å²) >= 11 is 0. The third kappa shape index (κ3) is 2.35. The van der Waals surface area contributed by atoms with E-state index in [0.717, 1.165) is 30.0 Å². The molecule has 3 aromatic heterocycles. The smallest absolute Gasteiger partial charge is 0.132 e. The first-order valence-electron chi connectivity index (χ1n) is 6.08. The summed E-state index contributed by atoms with van der Waals surface area (Å²) in [4.78, 5) is 8.29. The lowest BCUT2D eigenvalue weighted by Crippen LogP contribution is -2.03. The molecule has 0 amide bonds. The molecule has 0 saturated carbocycles. The van der Waals surface area contributed by atoms with Crippen LogP contribution in [0.1, 0.15) is 5.76 Å². The molecule has 0 unspecified atom stereocenters. The van der Waals surface area contributed by atoms with Crippen LogP contribution >= 0.6 is 0 Å². The summed E-state index contributed by atoms with van der Waals surface area (Å²) in [5.74, 6) is 1.47. The summed E-state index contributed by atoms with van der Waals surface area (Å²) in [6, 6.07) is 7.68. The summed E-state index contributed by atoms with van der Waals surface area (Å²) in [6.07, 6.45) is 7.78. The molecule has 3 rings (SSSR count). The average Bonchev–Trinajstić information content (AvgIpc) is 3.08. The summed E-state index contributed by atoms with van der Waals surface area (Å²) in [6.45, 7) is 0.789. The van der Waals surface area contributed by atoms with Crippen molar-refractivity contribution in [3.63, 3.8) is 0 Å². The number of aromatic nitrogens is 3. The van der Waals surface area contributed by atoms with E-state index in [1.807, 2.05) is 24.3 Å². The minimum atomic E-state index is 0.516. The highest BCUT2D eigenvalue weighted by Gasteiger charge is 2.09. The molecule has 19 heavy (non-hydrogen) atoms. The van der Waals surface area contributed by atoms with Crippen molar-refractivity contribution in [2.24, 2.45) is 0 Å². The number of rotatable bonds is 4. The van der Waals surface area contributed by atoms with Crippen molar-refractivity contribution in [3.8, 4) is 11.3 Å². The Morgan fingerprint density at radius 2 is 2.21 bits per heavy atom. The summed E-state index contributed by atoms with van der Waals surface area (Å²) in [7, 11) is 0. The molecule has 5 nitrogen and oxygen atoms in total. The van der Waals surface area contributed by atoms with Crippen LogP contribution in [-0.4, -0.2) is 14.5 Å². The second-order valence-electron chi connectivity index (χ2n) is 4.24.